The van der Waals surface area contributed by atoms with Gasteiger partial charge in [0.15, 0.2) is 0 Å². The van der Waals surface area contributed by atoms with E-state index in [1.54, 1.807) is 0 Å². The Kier molecular flexibility index (Phi) is 7.86. The van der Waals surface area contributed by atoms with Crippen LogP contribution >= 0.6 is 39.0 Å². The lowest BCUT2D eigenvalue weighted by Gasteiger charge is -2.18. The first-order valence-corrected chi connectivity index (χ1v) is 10.1. The van der Waals surface area contributed by atoms with Gasteiger partial charge in [0.2, 0.25) is 0 Å². The molecule has 0 aliphatic rings. The van der Waals surface area contributed by atoms with Gasteiger partial charge in [0, 0.05) is 26.0 Å². The highest BCUT2D eigenvalue weighted by molar-refractivity contribution is 9.10. The predicted molar refractivity (Wildman–Crippen MR) is 99.6 cm³/mol. The van der Waals surface area contributed by atoms with Crippen LogP contribution in [0, 0.1) is 0 Å². The fraction of sp³-hybridized carbons (Fsp3) is 0.412. The van der Waals surface area contributed by atoms with E-state index in [2.05, 4.69) is 69.9 Å². The van der Waals surface area contributed by atoms with Crippen molar-refractivity contribution < 1.29 is 0 Å². The molecule has 0 spiro atoms. The Balaban J connectivity index is 1.83. The standard InChI is InChI=1S/C17H22BrNS2/c1-2-10-19-15(8-9-16-7-4-11-20-16)13-21-17-6-3-5-14(18)12-17/h3-7,11-12,15,19H,2,8-10,13H2,1H3. The molecule has 4 heteroatoms. The van der Waals surface area contributed by atoms with E-state index >= 15 is 0 Å². The average molecular weight is 384 g/mol. The van der Waals surface area contributed by atoms with Gasteiger partial charge < -0.3 is 5.32 Å². The quantitative estimate of drug-likeness (QED) is 0.565. The first kappa shape index (κ1) is 17.1. The number of hydrogen-bond donors (Lipinski definition) is 1. The summed E-state index contributed by atoms with van der Waals surface area (Å²) < 4.78 is 1.16. The van der Waals surface area contributed by atoms with E-state index in [9.17, 15) is 0 Å². The lowest BCUT2D eigenvalue weighted by Crippen LogP contribution is -2.32. The van der Waals surface area contributed by atoms with Gasteiger partial charge in [-0.25, -0.2) is 0 Å². The number of benzene rings is 1. The normalized spacial score (nSPS) is 12.5. The minimum atomic E-state index is 0.580. The second-order valence-electron chi connectivity index (χ2n) is 5.04. The minimum Gasteiger partial charge on any atom is -0.313 e. The Labute approximate surface area is 144 Å². The monoisotopic (exact) mass is 383 g/mol. The summed E-state index contributed by atoms with van der Waals surface area (Å²) in [6, 6.07) is 13.5. The Morgan fingerprint density at radius 2 is 2.19 bits per heavy atom. The van der Waals surface area contributed by atoms with Crippen LogP contribution in [0.15, 0.2) is 51.1 Å². The number of thiophene rings is 1. The lowest BCUT2D eigenvalue weighted by molar-refractivity contribution is 0.521. The molecule has 1 N–H and O–H groups in total. The van der Waals surface area contributed by atoms with Crippen molar-refractivity contribution in [1.82, 2.24) is 5.32 Å². The molecule has 0 aliphatic carbocycles. The Bertz CT molecular complexity index is 513. The number of aryl methyl sites for hydroxylation is 1. The van der Waals surface area contributed by atoms with Crippen LogP contribution in [0.1, 0.15) is 24.6 Å². The van der Waals surface area contributed by atoms with E-state index in [1.165, 1.54) is 29.0 Å². The van der Waals surface area contributed by atoms with Crippen molar-refractivity contribution in [3.8, 4) is 0 Å². The first-order chi connectivity index (χ1) is 10.3. The molecule has 0 fully saturated rings. The smallest absolute Gasteiger partial charge is 0.0186 e. The van der Waals surface area contributed by atoms with Crippen molar-refractivity contribution in [2.45, 2.75) is 37.1 Å². The number of hydrogen-bond acceptors (Lipinski definition) is 3. The van der Waals surface area contributed by atoms with Crippen molar-refractivity contribution in [1.29, 1.82) is 0 Å². The van der Waals surface area contributed by atoms with Crippen molar-refractivity contribution in [2.24, 2.45) is 0 Å². The van der Waals surface area contributed by atoms with Crippen molar-refractivity contribution >= 4 is 39.0 Å². The molecule has 0 saturated heterocycles. The number of halogens is 1. The van der Waals surface area contributed by atoms with Gasteiger partial charge in [-0.15, -0.1) is 23.1 Å². The molecule has 1 atom stereocenters. The van der Waals surface area contributed by atoms with Crippen molar-refractivity contribution in [3.63, 3.8) is 0 Å². The van der Waals surface area contributed by atoms with Crippen LogP contribution in [0.3, 0.4) is 0 Å². The highest BCUT2D eigenvalue weighted by Crippen LogP contribution is 2.23. The molecule has 0 amide bonds. The highest BCUT2D eigenvalue weighted by atomic mass is 79.9. The van der Waals surface area contributed by atoms with Gasteiger partial charge >= 0.3 is 0 Å². The zero-order chi connectivity index (χ0) is 14.9. The summed E-state index contributed by atoms with van der Waals surface area (Å²) in [7, 11) is 0. The van der Waals surface area contributed by atoms with E-state index < -0.39 is 0 Å². The molecule has 0 aliphatic heterocycles. The molecule has 114 valence electrons. The van der Waals surface area contributed by atoms with Crippen molar-refractivity contribution in [3.05, 3.63) is 51.1 Å². The van der Waals surface area contributed by atoms with Crippen LogP contribution in [0.2, 0.25) is 0 Å². The summed E-state index contributed by atoms with van der Waals surface area (Å²) in [6.07, 6.45) is 3.58. The van der Waals surface area contributed by atoms with Crippen molar-refractivity contribution in [2.75, 3.05) is 12.3 Å². The predicted octanol–water partition coefficient (Wildman–Crippen LogP) is 5.60. The van der Waals surface area contributed by atoms with E-state index in [1.807, 2.05) is 23.1 Å². The zero-order valence-electron chi connectivity index (χ0n) is 12.3. The van der Waals surface area contributed by atoms with Crippen LogP contribution < -0.4 is 5.32 Å². The fourth-order valence-electron chi connectivity index (χ4n) is 2.12. The van der Waals surface area contributed by atoms with Gasteiger partial charge in [-0.2, -0.15) is 0 Å². The topological polar surface area (TPSA) is 12.0 Å². The van der Waals surface area contributed by atoms with E-state index in [0.717, 1.165) is 16.8 Å². The zero-order valence-corrected chi connectivity index (χ0v) is 15.6. The third kappa shape index (κ3) is 6.55. The maximum Gasteiger partial charge on any atom is 0.0186 e. The lowest BCUT2D eigenvalue weighted by atomic mass is 10.1. The highest BCUT2D eigenvalue weighted by Gasteiger charge is 2.09. The van der Waals surface area contributed by atoms with Gasteiger partial charge in [-0.3, -0.25) is 0 Å². The van der Waals surface area contributed by atoms with Gasteiger partial charge in [0.05, 0.1) is 0 Å². The molecule has 1 heterocycles. The van der Waals surface area contributed by atoms with Crippen LogP contribution in [0.4, 0.5) is 0 Å². The molecular weight excluding hydrogens is 362 g/mol. The Morgan fingerprint density at radius 3 is 2.90 bits per heavy atom. The first-order valence-electron chi connectivity index (χ1n) is 7.42. The van der Waals surface area contributed by atoms with E-state index in [-0.39, 0.29) is 0 Å². The number of rotatable bonds is 9. The SMILES string of the molecule is CCCNC(CCc1cccs1)CSc1cccc(Br)c1. The third-order valence-corrected chi connectivity index (χ3v) is 5.84. The second-order valence-corrected chi connectivity index (χ2v) is 8.08. The van der Waals surface area contributed by atoms with Gasteiger partial charge in [-0.05, 0) is 55.5 Å². The summed E-state index contributed by atoms with van der Waals surface area (Å²) in [5.41, 5.74) is 0. The summed E-state index contributed by atoms with van der Waals surface area (Å²) >= 11 is 7.35. The molecular formula is C17H22BrNS2. The Hall–Kier alpha value is -0.290. The van der Waals surface area contributed by atoms with Crippen LogP contribution in [0.25, 0.3) is 0 Å². The molecule has 2 rings (SSSR count). The third-order valence-electron chi connectivity index (χ3n) is 3.25. The number of thioether (sulfide) groups is 1. The maximum absolute atomic E-state index is 3.69. The molecule has 0 saturated carbocycles. The molecule has 2 aromatic rings. The van der Waals surface area contributed by atoms with Gasteiger partial charge in [0.1, 0.15) is 0 Å². The molecule has 0 bridgehead atoms. The largest absolute Gasteiger partial charge is 0.313 e. The molecule has 21 heavy (non-hydrogen) atoms. The fourth-order valence-corrected chi connectivity index (χ4v) is 4.46. The molecule has 0 radical (unpaired) electrons. The van der Waals surface area contributed by atoms with Gasteiger partial charge in [0.25, 0.3) is 0 Å². The van der Waals surface area contributed by atoms with Crippen LogP contribution in [-0.4, -0.2) is 18.3 Å². The molecule has 1 unspecified atom stereocenters. The Morgan fingerprint density at radius 1 is 1.29 bits per heavy atom. The second kappa shape index (κ2) is 9.67. The summed E-state index contributed by atoms with van der Waals surface area (Å²) in [5.74, 6) is 1.13. The molecule has 1 nitrogen and oxygen atoms in total. The van der Waals surface area contributed by atoms with Crippen LogP contribution in [0.5, 0.6) is 0 Å². The number of nitrogens with one attached hydrogen (secondary N) is 1. The molecule has 1 aromatic heterocycles. The summed E-state index contributed by atoms with van der Waals surface area (Å²) in [6.45, 7) is 3.33. The van der Waals surface area contributed by atoms with E-state index in [4.69, 9.17) is 0 Å². The average Bonchev–Trinajstić information content (AvgIpc) is 3.00. The molecule has 1 aromatic carbocycles. The van der Waals surface area contributed by atoms with Gasteiger partial charge in [-0.1, -0.05) is 35.0 Å². The summed E-state index contributed by atoms with van der Waals surface area (Å²) in [4.78, 5) is 2.83. The van der Waals surface area contributed by atoms with Crippen LogP contribution in [-0.2, 0) is 6.42 Å². The summed E-state index contributed by atoms with van der Waals surface area (Å²) in [5, 5.41) is 5.86. The van der Waals surface area contributed by atoms with E-state index in [0.29, 0.717) is 6.04 Å². The maximum atomic E-state index is 3.69. The minimum absolute atomic E-state index is 0.580.